The van der Waals surface area contributed by atoms with Crippen molar-refractivity contribution in [1.82, 2.24) is 5.32 Å². The highest BCUT2D eigenvalue weighted by Gasteiger charge is 2.51. The topological polar surface area (TPSA) is 93.7 Å². The zero-order valence-corrected chi connectivity index (χ0v) is 20.2. The zero-order chi connectivity index (χ0) is 23.6. The minimum Gasteiger partial charge on any atom is -0.493 e. The van der Waals surface area contributed by atoms with Crippen molar-refractivity contribution in [1.29, 1.82) is 0 Å². The summed E-state index contributed by atoms with van der Waals surface area (Å²) in [7, 11) is -0.857. The number of ether oxygens (including phenoxy) is 2. The zero-order valence-electron chi connectivity index (χ0n) is 19.4. The van der Waals surface area contributed by atoms with Crippen LogP contribution in [0.25, 0.3) is 0 Å². The second kappa shape index (κ2) is 9.25. The maximum absolute atomic E-state index is 13.0. The fraction of sp³-hybridized carbons (Fsp3) is 0.480. The van der Waals surface area contributed by atoms with Crippen molar-refractivity contribution in [3.8, 4) is 11.5 Å². The number of sulfonamides is 1. The maximum Gasteiger partial charge on any atom is 0.262 e. The highest BCUT2D eigenvalue weighted by Crippen LogP contribution is 2.49. The van der Waals surface area contributed by atoms with E-state index < -0.39 is 15.4 Å². The lowest BCUT2D eigenvalue weighted by molar-refractivity contribution is -0.124. The van der Waals surface area contributed by atoms with Gasteiger partial charge in [0.05, 0.1) is 24.5 Å². The van der Waals surface area contributed by atoms with E-state index in [4.69, 9.17) is 9.47 Å². The second-order valence-corrected chi connectivity index (χ2v) is 10.9. The molecule has 1 amide bonds. The van der Waals surface area contributed by atoms with Crippen LogP contribution in [0.1, 0.15) is 51.0 Å². The number of carbonyl (C=O) groups is 1. The third-order valence-electron chi connectivity index (χ3n) is 6.89. The molecule has 4 rings (SSSR count). The van der Waals surface area contributed by atoms with Gasteiger partial charge in [0.15, 0.2) is 11.5 Å². The fourth-order valence-corrected chi connectivity index (χ4v) is 5.63. The number of anilines is 1. The monoisotopic (exact) mass is 472 g/mol. The van der Waals surface area contributed by atoms with Crippen LogP contribution in [0.4, 0.5) is 5.69 Å². The molecule has 2 aliphatic carbocycles. The summed E-state index contributed by atoms with van der Waals surface area (Å²) >= 11 is 0. The number of carbonyl (C=O) groups excluding carboxylic acids is 1. The average Bonchev–Trinajstić information content (AvgIpc) is 3.62. The lowest BCUT2D eigenvalue weighted by Crippen LogP contribution is -2.43. The molecule has 8 heteroatoms. The Morgan fingerprint density at radius 1 is 0.939 bits per heavy atom. The molecule has 2 aliphatic rings. The second-order valence-electron chi connectivity index (χ2n) is 9.21. The van der Waals surface area contributed by atoms with Crippen molar-refractivity contribution in [2.24, 2.45) is 5.92 Å². The van der Waals surface area contributed by atoms with E-state index in [9.17, 15) is 13.2 Å². The molecule has 0 unspecified atom stereocenters. The van der Waals surface area contributed by atoms with Crippen LogP contribution in [0.2, 0.25) is 0 Å². The van der Waals surface area contributed by atoms with Crippen molar-refractivity contribution in [2.75, 3.05) is 18.9 Å². The van der Waals surface area contributed by atoms with Gasteiger partial charge in [-0.05, 0) is 74.3 Å². The van der Waals surface area contributed by atoms with E-state index in [1.165, 1.54) is 26.4 Å². The Morgan fingerprint density at radius 3 is 2.15 bits per heavy atom. The molecule has 0 aromatic heterocycles. The average molecular weight is 473 g/mol. The summed E-state index contributed by atoms with van der Waals surface area (Å²) in [5.74, 6) is 1.63. The Balaban J connectivity index is 1.44. The number of benzene rings is 2. The van der Waals surface area contributed by atoms with Crippen LogP contribution in [0.5, 0.6) is 11.5 Å². The van der Waals surface area contributed by atoms with Gasteiger partial charge in [-0.15, -0.1) is 0 Å². The van der Waals surface area contributed by atoms with Gasteiger partial charge >= 0.3 is 0 Å². The minimum absolute atomic E-state index is 0.0732. The van der Waals surface area contributed by atoms with Crippen LogP contribution in [0, 0.1) is 5.92 Å². The molecule has 0 aliphatic heterocycles. The highest BCUT2D eigenvalue weighted by atomic mass is 32.2. The van der Waals surface area contributed by atoms with E-state index in [1.807, 2.05) is 12.1 Å². The Morgan fingerprint density at radius 2 is 1.58 bits per heavy atom. The van der Waals surface area contributed by atoms with Crippen LogP contribution in [-0.2, 0) is 20.2 Å². The number of rotatable bonds is 8. The third kappa shape index (κ3) is 4.95. The number of methoxy groups -OCH3 is 2. The molecule has 2 N–H and O–H groups in total. The van der Waals surface area contributed by atoms with E-state index in [0.29, 0.717) is 17.2 Å². The standard InChI is InChI=1S/C25H32N2O5S/c1-17-4-8-19(9-5-17)26-24(28)25(14-15-25)18-6-10-20(11-7-18)27-33(29,30)21-12-13-22(31-2)23(16-21)32-3/h6-7,10-13,16-17,19,27H,4-5,8-9,14-15H2,1-3H3,(H,26,28). The summed E-state index contributed by atoms with van der Waals surface area (Å²) in [5, 5.41) is 3.26. The molecular weight excluding hydrogens is 440 g/mol. The molecule has 0 saturated heterocycles. The van der Waals surface area contributed by atoms with Gasteiger partial charge in [0.2, 0.25) is 5.91 Å². The van der Waals surface area contributed by atoms with Crippen molar-refractivity contribution < 1.29 is 22.7 Å². The molecule has 0 bridgehead atoms. The van der Waals surface area contributed by atoms with Crippen molar-refractivity contribution >= 4 is 21.6 Å². The van der Waals surface area contributed by atoms with Crippen molar-refractivity contribution in [2.45, 2.75) is 61.8 Å². The largest absolute Gasteiger partial charge is 0.493 e. The minimum atomic E-state index is -3.81. The summed E-state index contributed by atoms with van der Waals surface area (Å²) in [4.78, 5) is 13.1. The Labute approximate surface area is 195 Å². The third-order valence-corrected chi connectivity index (χ3v) is 8.27. The molecule has 2 aromatic carbocycles. The van der Waals surface area contributed by atoms with Gasteiger partial charge in [0.25, 0.3) is 10.0 Å². The molecule has 2 saturated carbocycles. The quantitative estimate of drug-likeness (QED) is 0.600. The van der Waals surface area contributed by atoms with Gasteiger partial charge in [-0.2, -0.15) is 0 Å². The van der Waals surface area contributed by atoms with Crippen LogP contribution in [-0.4, -0.2) is 34.6 Å². The first-order chi connectivity index (χ1) is 15.8. The first-order valence-electron chi connectivity index (χ1n) is 11.4. The van der Waals surface area contributed by atoms with Gasteiger partial charge in [-0.25, -0.2) is 8.42 Å². The Kier molecular flexibility index (Phi) is 6.56. The normalized spacial score (nSPS) is 21.7. The van der Waals surface area contributed by atoms with Crippen molar-refractivity contribution in [3.63, 3.8) is 0 Å². The summed E-state index contributed by atoms with van der Waals surface area (Å²) in [5.41, 5.74) is 0.883. The number of hydrogen-bond acceptors (Lipinski definition) is 5. The van der Waals surface area contributed by atoms with Crippen LogP contribution < -0.4 is 19.5 Å². The Hall–Kier alpha value is -2.74. The Bertz CT molecular complexity index is 1100. The molecule has 7 nitrogen and oxygen atoms in total. The molecule has 0 atom stereocenters. The predicted octanol–water partition coefficient (Wildman–Crippen LogP) is 4.23. The van der Waals surface area contributed by atoms with E-state index >= 15 is 0 Å². The van der Waals surface area contributed by atoms with Crippen molar-refractivity contribution in [3.05, 3.63) is 48.0 Å². The molecular formula is C25H32N2O5S. The molecule has 2 aromatic rings. The van der Waals surface area contributed by atoms with Crippen LogP contribution >= 0.6 is 0 Å². The van der Waals surface area contributed by atoms with E-state index in [-0.39, 0.29) is 16.8 Å². The lowest BCUT2D eigenvalue weighted by Gasteiger charge is -2.28. The fourth-order valence-electron chi connectivity index (χ4n) is 4.55. The molecule has 178 valence electrons. The molecule has 0 heterocycles. The predicted molar refractivity (Wildman–Crippen MR) is 127 cm³/mol. The summed E-state index contributed by atoms with van der Waals surface area (Å²) in [6.07, 6.45) is 6.04. The van der Waals surface area contributed by atoms with E-state index in [0.717, 1.165) is 50.0 Å². The number of amides is 1. The van der Waals surface area contributed by atoms with Gasteiger partial charge in [-0.1, -0.05) is 19.1 Å². The summed E-state index contributed by atoms with van der Waals surface area (Å²) in [6, 6.07) is 11.8. The summed E-state index contributed by atoms with van der Waals surface area (Å²) < 4.78 is 38.7. The first-order valence-corrected chi connectivity index (χ1v) is 12.9. The van der Waals surface area contributed by atoms with Crippen LogP contribution in [0.15, 0.2) is 47.4 Å². The van der Waals surface area contributed by atoms with Crippen LogP contribution in [0.3, 0.4) is 0 Å². The van der Waals surface area contributed by atoms with Gasteiger partial charge < -0.3 is 14.8 Å². The van der Waals surface area contributed by atoms with Gasteiger partial charge in [0, 0.05) is 17.8 Å². The van der Waals surface area contributed by atoms with E-state index in [2.05, 4.69) is 17.0 Å². The first kappa shape index (κ1) is 23.4. The van der Waals surface area contributed by atoms with Gasteiger partial charge in [-0.3, -0.25) is 9.52 Å². The maximum atomic E-state index is 13.0. The molecule has 2 fully saturated rings. The molecule has 0 spiro atoms. The molecule has 33 heavy (non-hydrogen) atoms. The van der Waals surface area contributed by atoms with E-state index in [1.54, 1.807) is 18.2 Å². The number of hydrogen-bond donors (Lipinski definition) is 2. The lowest BCUT2D eigenvalue weighted by atomic mass is 9.86. The SMILES string of the molecule is COc1ccc(S(=O)(=O)Nc2ccc(C3(C(=O)NC4CCC(C)CC4)CC3)cc2)cc1OC. The highest BCUT2D eigenvalue weighted by molar-refractivity contribution is 7.92. The van der Waals surface area contributed by atoms with Gasteiger partial charge in [0.1, 0.15) is 0 Å². The summed E-state index contributed by atoms with van der Waals surface area (Å²) in [6.45, 7) is 2.27. The number of nitrogens with one attached hydrogen (secondary N) is 2. The smallest absolute Gasteiger partial charge is 0.262 e. The molecule has 0 radical (unpaired) electrons.